The highest BCUT2D eigenvalue weighted by Gasteiger charge is 2.26. The van der Waals surface area contributed by atoms with E-state index in [4.69, 9.17) is 9.73 Å². The Hall–Kier alpha value is -1.02. The van der Waals surface area contributed by atoms with E-state index in [0.29, 0.717) is 12.0 Å². The molecule has 1 aliphatic heterocycles. The fraction of sp³-hybridized carbons (Fsp3) is 0.682. The van der Waals surface area contributed by atoms with Crippen molar-refractivity contribution in [3.63, 3.8) is 0 Å². The molecule has 0 amide bonds. The van der Waals surface area contributed by atoms with E-state index in [2.05, 4.69) is 67.2 Å². The summed E-state index contributed by atoms with van der Waals surface area (Å²) in [5.41, 5.74) is 1.39. The van der Waals surface area contributed by atoms with Gasteiger partial charge in [-0.15, -0.1) is 24.0 Å². The van der Waals surface area contributed by atoms with Crippen molar-refractivity contribution in [2.45, 2.75) is 52.0 Å². The molecule has 0 saturated carbocycles. The maximum absolute atomic E-state index is 5.27. The molecule has 1 aromatic rings. The highest BCUT2D eigenvalue weighted by atomic mass is 127. The molecule has 0 bridgehead atoms. The maximum atomic E-state index is 5.27. The molecular weight excluding hydrogens is 463 g/mol. The third kappa shape index (κ3) is 7.78. The lowest BCUT2D eigenvalue weighted by Gasteiger charge is -2.22. The van der Waals surface area contributed by atoms with Gasteiger partial charge in [-0.05, 0) is 71.3 Å². The molecule has 1 heterocycles. The first-order valence-corrected chi connectivity index (χ1v) is 10.4. The van der Waals surface area contributed by atoms with Crippen LogP contribution in [0.1, 0.15) is 51.5 Å². The average molecular weight is 502 g/mol. The van der Waals surface area contributed by atoms with Crippen LogP contribution in [0.2, 0.25) is 0 Å². The smallest absolute Gasteiger partial charge is 0.193 e. The average Bonchev–Trinajstić information content (AvgIpc) is 3.16. The van der Waals surface area contributed by atoms with E-state index in [1.54, 1.807) is 7.11 Å². The third-order valence-corrected chi connectivity index (χ3v) is 5.47. The van der Waals surface area contributed by atoms with Crippen LogP contribution in [0.3, 0.4) is 0 Å². The van der Waals surface area contributed by atoms with Crippen LogP contribution in [0.5, 0.6) is 5.75 Å². The Balaban J connectivity index is 0.00000392. The minimum Gasteiger partial charge on any atom is -0.497 e. The number of nitrogens with zero attached hydrogens (tertiary/aromatic N) is 3. The zero-order valence-electron chi connectivity index (χ0n) is 18.3. The molecule has 1 unspecified atom stereocenters. The lowest BCUT2D eigenvalue weighted by molar-refractivity contribution is 0.269. The first kappa shape index (κ1) is 25.0. The summed E-state index contributed by atoms with van der Waals surface area (Å²) in [6.07, 6.45) is 3.52. The monoisotopic (exact) mass is 502 g/mol. The zero-order valence-corrected chi connectivity index (χ0v) is 20.6. The molecule has 2 rings (SSSR count). The van der Waals surface area contributed by atoms with Crippen molar-refractivity contribution < 1.29 is 4.74 Å². The number of hydrogen-bond acceptors (Lipinski definition) is 3. The molecule has 28 heavy (non-hydrogen) atoms. The van der Waals surface area contributed by atoms with E-state index >= 15 is 0 Å². The van der Waals surface area contributed by atoms with Crippen LogP contribution in [-0.4, -0.2) is 68.7 Å². The van der Waals surface area contributed by atoms with Gasteiger partial charge in [0.15, 0.2) is 5.96 Å². The van der Waals surface area contributed by atoms with Crippen molar-refractivity contribution in [1.82, 2.24) is 15.1 Å². The number of rotatable bonds is 9. The number of ether oxygens (including phenoxy) is 1. The van der Waals surface area contributed by atoms with Crippen molar-refractivity contribution in [1.29, 1.82) is 0 Å². The quantitative estimate of drug-likeness (QED) is 0.238. The van der Waals surface area contributed by atoms with Gasteiger partial charge < -0.3 is 19.9 Å². The molecule has 6 heteroatoms. The molecule has 0 radical (unpaired) electrons. The van der Waals surface area contributed by atoms with Gasteiger partial charge in [-0.3, -0.25) is 4.99 Å². The van der Waals surface area contributed by atoms with Gasteiger partial charge in [0.1, 0.15) is 5.75 Å². The largest absolute Gasteiger partial charge is 0.497 e. The standard InChI is InChI=1S/C22H38N4O.HI/c1-6-23-22(24-14-7-8-15-25(4)18(2)3)26-16-13-20(17-26)19-9-11-21(27-5)12-10-19;/h9-12,18,20H,6-8,13-17H2,1-5H3,(H,23,24);1H. The Morgan fingerprint density at radius 2 is 2.00 bits per heavy atom. The molecule has 1 saturated heterocycles. The number of benzene rings is 1. The molecule has 1 fully saturated rings. The summed E-state index contributed by atoms with van der Waals surface area (Å²) in [6, 6.07) is 9.13. The van der Waals surface area contributed by atoms with Crippen molar-refractivity contribution in [3.8, 4) is 5.75 Å². The Morgan fingerprint density at radius 1 is 1.29 bits per heavy atom. The van der Waals surface area contributed by atoms with Gasteiger partial charge in [-0.1, -0.05) is 12.1 Å². The molecule has 5 nitrogen and oxygen atoms in total. The van der Waals surface area contributed by atoms with Crippen molar-refractivity contribution in [3.05, 3.63) is 29.8 Å². The van der Waals surface area contributed by atoms with Crippen LogP contribution in [-0.2, 0) is 0 Å². The number of hydrogen-bond donors (Lipinski definition) is 1. The summed E-state index contributed by atoms with van der Waals surface area (Å²) in [4.78, 5) is 9.70. The molecular formula is C22H39IN4O. The molecule has 0 aromatic heterocycles. The van der Waals surface area contributed by atoms with E-state index in [0.717, 1.165) is 50.9 Å². The zero-order chi connectivity index (χ0) is 19.6. The summed E-state index contributed by atoms with van der Waals surface area (Å²) < 4.78 is 5.27. The molecule has 0 aliphatic carbocycles. The number of halogens is 1. The fourth-order valence-electron chi connectivity index (χ4n) is 3.44. The molecule has 1 aliphatic rings. The van der Waals surface area contributed by atoms with Gasteiger partial charge in [0, 0.05) is 38.1 Å². The fourth-order valence-corrected chi connectivity index (χ4v) is 3.44. The molecule has 1 atom stereocenters. The second-order valence-electron chi connectivity index (χ2n) is 7.72. The number of aliphatic imine (C=N–C) groups is 1. The van der Waals surface area contributed by atoms with Gasteiger partial charge in [-0.2, -0.15) is 0 Å². The van der Waals surface area contributed by atoms with E-state index in [-0.39, 0.29) is 24.0 Å². The normalized spacial score (nSPS) is 17.2. The number of guanidine groups is 1. The van der Waals surface area contributed by atoms with Gasteiger partial charge in [-0.25, -0.2) is 0 Å². The molecule has 160 valence electrons. The summed E-state index contributed by atoms with van der Waals surface area (Å²) in [5.74, 6) is 2.57. The second kappa shape index (κ2) is 13.2. The van der Waals surface area contributed by atoms with Crippen LogP contribution in [0.25, 0.3) is 0 Å². The highest BCUT2D eigenvalue weighted by molar-refractivity contribution is 14.0. The predicted octanol–water partition coefficient (Wildman–Crippen LogP) is 4.19. The van der Waals surface area contributed by atoms with Gasteiger partial charge in [0.25, 0.3) is 0 Å². The Morgan fingerprint density at radius 3 is 2.61 bits per heavy atom. The number of methoxy groups -OCH3 is 1. The SMILES string of the molecule is CCNC(=NCCCCN(C)C(C)C)N1CCC(c2ccc(OC)cc2)C1.I. The van der Waals surface area contributed by atoms with Gasteiger partial charge >= 0.3 is 0 Å². The summed E-state index contributed by atoms with van der Waals surface area (Å²) in [6.45, 7) is 11.7. The number of nitrogens with one attached hydrogen (secondary N) is 1. The molecule has 1 aromatic carbocycles. The van der Waals surface area contributed by atoms with E-state index in [1.807, 2.05) is 0 Å². The first-order chi connectivity index (χ1) is 13.0. The lowest BCUT2D eigenvalue weighted by Crippen LogP contribution is -2.40. The minimum atomic E-state index is 0. The van der Waals surface area contributed by atoms with Gasteiger partial charge in [0.05, 0.1) is 7.11 Å². The van der Waals surface area contributed by atoms with Crippen LogP contribution >= 0.6 is 24.0 Å². The van der Waals surface area contributed by atoms with Crippen LogP contribution in [0, 0.1) is 0 Å². The lowest BCUT2D eigenvalue weighted by atomic mass is 9.98. The summed E-state index contributed by atoms with van der Waals surface area (Å²) in [7, 11) is 3.91. The topological polar surface area (TPSA) is 40.1 Å². The Kier molecular flexibility index (Phi) is 11.8. The number of likely N-dealkylation sites (tertiary alicyclic amines) is 1. The Bertz CT molecular complexity index is 576. The van der Waals surface area contributed by atoms with Crippen LogP contribution < -0.4 is 10.1 Å². The van der Waals surface area contributed by atoms with Crippen molar-refractivity contribution >= 4 is 29.9 Å². The predicted molar refractivity (Wildman–Crippen MR) is 130 cm³/mol. The van der Waals surface area contributed by atoms with Gasteiger partial charge in [0.2, 0.25) is 0 Å². The minimum absolute atomic E-state index is 0. The summed E-state index contributed by atoms with van der Waals surface area (Å²) in [5, 5.41) is 3.48. The first-order valence-electron chi connectivity index (χ1n) is 10.4. The molecule has 1 N–H and O–H groups in total. The molecule has 0 spiro atoms. The Labute approximate surface area is 188 Å². The third-order valence-electron chi connectivity index (χ3n) is 5.47. The van der Waals surface area contributed by atoms with Crippen LogP contribution in [0.4, 0.5) is 0 Å². The highest BCUT2D eigenvalue weighted by Crippen LogP contribution is 2.28. The van der Waals surface area contributed by atoms with E-state index < -0.39 is 0 Å². The van der Waals surface area contributed by atoms with Crippen molar-refractivity contribution in [2.75, 3.05) is 46.9 Å². The van der Waals surface area contributed by atoms with Crippen LogP contribution in [0.15, 0.2) is 29.3 Å². The maximum Gasteiger partial charge on any atom is 0.193 e. The number of unbranched alkanes of at least 4 members (excludes halogenated alkanes) is 1. The van der Waals surface area contributed by atoms with Crippen molar-refractivity contribution in [2.24, 2.45) is 4.99 Å². The van der Waals surface area contributed by atoms with E-state index in [9.17, 15) is 0 Å². The van der Waals surface area contributed by atoms with E-state index in [1.165, 1.54) is 18.4 Å². The summed E-state index contributed by atoms with van der Waals surface area (Å²) >= 11 is 0. The second-order valence-corrected chi connectivity index (χ2v) is 7.72.